The second-order valence-electron chi connectivity index (χ2n) is 8.32. The predicted molar refractivity (Wildman–Crippen MR) is 98.4 cm³/mol. The van der Waals surface area contributed by atoms with Crippen LogP contribution in [0.2, 0.25) is 0 Å². The summed E-state index contributed by atoms with van der Waals surface area (Å²) in [5.41, 5.74) is 5.97. The molecule has 0 radical (unpaired) electrons. The normalized spacial score (nSPS) is 33.2. The maximum Gasteiger partial charge on any atom is 0.227 e. The molecule has 0 saturated heterocycles. The number of fused-ring (bicyclic) bond motifs is 1. The minimum Gasteiger partial charge on any atom is -0.277 e. The SMILES string of the molecule is O=CN/N=C/c1cc(C23CC4CC(CC(C4)C2)C3)nc2ccccc12. The largest absolute Gasteiger partial charge is 0.277 e. The Morgan fingerprint density at radius 2 is 1.76 bits per heavy atom. The lowest BCUT2D eigenvalue weighted by atomic mass is 9.48. The van der Waals surface area contributed by atoms with Crippen LogP contribution < -0.4 is 5.43 Å². The van der Waals surface area contributed by atoms with Crippen molar-refractivity contribution in [3.63, 3.8) is 0 Å². The minimum atomic E-state index is 0.263. The van der Waals surface area contributed by atoms with Crippen molar-refractivity contribution in [2.45, 2.75) is 43.9 Å². The molecule has 4 nitrogen and oxygen atoms in total. The van der Waals surface area contributed by atoms with Gasteiger partial charge in [0.2, 0.25) is 6.41 Å². The Morgan fingerprint density at radius 3 is 2.44 bits per heavy atom. The number of nitrogens with zero attached hydrogens (tertiary/aromatic N) is 2. The van der Waals surface area contributed by atoms with E-state index in [9.17, 15) is 4.79 Å². The topological polar surface area (TPSA) is 54.4 Å². The van der Waals surface area contributed by atoms with E-state index in [-0.39, 0.29) is 5.41 Å². The Balaban J connectivity index is 1.63. The Kier molecular flexibility index (Phi) is 3.40. The molecule has 4 aliphatic rings. The van der Waals surface area contributed by atoms with Crippen LogP contribution in [0.15, 0.2) is 35.4 Å². The molecule has 0 atom stereocenters. The second kappa shape index (κ2) is 5.65. The van der Waals surface area contributed by atoms with Crippen LogP contribution in [0.4, 0.5) is 0 Å². The second-order valence-corrected chi connectivity index (χ2v) is 8.32. The molecule has 128 valence electrons. The number of rotatable bonds is 4. The fourth-order valence-electron chi connectivity index (χ4n) is 6.14. The summed E-state index contributed by atoms with van der Waals surface area (Å²) in [6, 6.07) is 10.5. The maximum atomic E-state index is 10.5. The number of hydrazone groups is 1. The van der Waals surface area contributed by atoms with Gasteiger partial charge in [0.1, 0.15) is 0 Å². The average molecular weight is 333 g/mol. The summed E-state index contributed by atoms with van der Waals surface area (Å²) in [5.74, 6) is 2.69. The lowest BCUT2D eigenvalue weighted by molar-refractivity contribution is -0.109. The summed E-state index contributed by atoms with van der Waals surface area (Å²) >= 11 is 0. The highest BCUT2D eigenvalue weighted by Gasteiger charge is 2.52. The van der Waals surface area contributed by atoms with E-state index >= 15 is 0 Å². The van der Waals surface area contributed by atoms with Crippen LogP contribution in [-0.4, -0.2) is 17.6 Å². The fraction of sp³-hybridized carbons (Fsp3) is 0.476. The van der Waals surface area contributed by atoms with E-state index in [0.717, 1.165) is 34.2 Å². The minimum absolute atomic E-state index is 0.263. The van der Waals surface area contributed by atoms with Gasteiger partial charge in [0, 0.05) is 22.1 Å². The summed E-state index contributed by atoms with van der Waals surface area (Å²) in [5, 5.41) is 5.12. The zero-order valence-corrected chi connectivity index (χ0v) is 14.3. The predicted octanol–water partition coefficient (Wildman–Crippen LogP) is 3.78. The monoisotopic (exact) mass is 333 g/mol. The number of nitrogens with one attached hydrogen (secondary N) is 1. The third-order valence-electron chi connectivity index (χ3n) is 6.66. The van der Waals surface area contributed by atoms with Crippen LogP contribution >= 0.6 is 0 Å². The van der Waals surface area contributed by atoms with Gasteiger partial charge >= 0.3 is 0 Å². The van der Waals surface area contributed by atoms with Crippen LogP contribution in [0.3, 0.4) is 0 Å². The van der Waals surface area contributed by atoms with Gasteiger partial charge in [-0.15, -0.1) is 0 Å². The van der Waals surface area contributed by atoms with Gasteiger partial charge in [-0.05, 0) is 68.4 Å². The third-order valence-corrected chi connectivity index (χ3v) is 6.66. The standard InChI is InChI=1S/C21H23N3O/c25-13-23-22-12-17-8-20(24-19-4-2-1-3-18(17)19)21-9-14-5-15(10-21)7-16(6-14)11-21/h1-4,8,12-16H,5-7,9-11H2,(H,23,25)/b22-12+. The molecule has 4 aliphatic carbocycles. The van der Waals surface area contributed by atoms with Crippen molar-refractivity contribution in [3.05, 3.63) is 41.6 Å². The number of hydrogen-bond donors (Lipinski definition) is 1. The third kappa shape index (κ3) is 2.46. The van der Waals surface area contributed by atoms with E-state index in [0.29, 0.717) is 6.41 Å². The summed E-state index contributed by atoms with van der Waals surface area (Å²) in [4.78, 5) is 15.6. The first-order valence-electron chi connectivity index (χ1n) is 9.38. The molecule has 4 fully saturated rings. The molecule has 2 aromatic rings. The summed E-state index contributed by atoms with van der Waals surface area (Å²) < 4.78 is 0. The summed E-state index contributed by atoms with van der Waals surface area (Å²) in [7, 11) is 0. The average Bonchev–Trinajstić information content (AvgIpc) is 2.60. The molecular weight excluding hydrogens is 310 g/mol. The molecule has 0 unspecified atom stereocenters. The number of carbonyl (C=O) groups excluding carboxylic acids is 1. The molecule has 4 saturated carbocycles. The van der Waals surface area contributed by atoms with Crippen molar-refractivity contribution < 1.29 is 4.79 Å². The first kappa shape index (κ1) is 15.1. The molecule has 1 heterocycles. The molecule has 1 aromatic carbocycles. The highest BCUT2D eigenvalue weighted by Crippen LogP contribution is 2.60. The number of hydrogen-bond acceptors (Lipinski definition) is 3. The first-order valence-corrected chi connectivity index (χ1v) is 9.38. The smallest absolute Gasteiger partial charge is 0.227 e. The highest BCUT2D eigenvalue weighted by atomic mass is 16.1. The van der Waals surface area contributed by atoms with Crippen LogP contribution in [-0.2, 0) is 10.2 Å². The number of aromatic nitrogens is 1. The van der Waals surface area contributed by atoms with Gasteiger partial charge in [-0.3, -0.25) is 9.78 Å². The van der Waals surface area contributed by atoms with Crippen LogP contribution in [0.5, 0.6) is 0 Å². The number of benzene rings is 1. The van der Waals surface area contributed by atoms with Gasteiger partial charge in [0.15, 0.2) is 0 Å². The lowest BCUT2D eigenvalue weighted by Gasteiger charge is -2.56. The summed E-state index contributed by atoms with van der Waals surface area (Å²) in [6.07, 6.45) is 10.6. The van der Waals surface area contributed by atoms with Crippen molar-refractivity contribution in [3.8, 4) is 0 Å². The van der Waals surface area contributed by atoms with Gasteiger partial charge in [0.05, 0.1) is 11.7 Å². The molecule has 25 heavy (non-hydrogen) atoms. The molecule has 0 spiro atoms. The van der Waals surface area contributed by atoms with Crippen LogP contribution in [0.25, 0.3) is 10.9 Å². The van der Waals surface area contributed by atoms with Gasteiger partial charge < -0.3 is 0 Å². The Labute approximate surface area is 147 Å². The van der Waals surface area contributed by atoms with Gasteiger partial charge in [-0.2, -0.15) is 5.10 Å². The fourth-order valence-corrected chi connectivity index (χ4v) is 6.14. The number of amides is 1. The number of carbonyl (C=O) groups is 1. The molecule has 4 heteroatoms. The number of para-hydroxylation sites is 1. The van der Waals surface area contributed by atoms with Gasteiger partial charge in [-0.1, -0.05) is 18.2 Å². The first-order chi connectivity index (χ1) is 12.3. The molecule has 0 aliphatic heterocycles. The van der Waals surface area contributed by atoms with Crippen LogP contribution in [0.1, 0.15) is 49.8 Å². The highest BCUT2D eigenvalue weighted by molar-refractivity contribution is 5.98. The van der Waals surface area contributed by atoms with Crippen molar-refractivity contribution in [2.75, 3.05) is 0 Å². The Hall–Kier alpha value is -2.23. The van der Waals surface area contributed by atoms with Crippen molar-refractivity contribution >= 4 is 23.5 Å². The Bertz CT molecular complexity index is 822. The van der Waals surface area contributed by atoms with Crippen molar-refractivity contribution in [2.24, 2.45) is 22.9 Å². The Morgan fingerprint density at radius 1 is 1.08 bits per heavy atom. The molecule has 1 amide bonds. The van der Waals surface area contributed by atoms with E-state index < -0.39 is 0 Å². The van der Waals surface area contributed by atoms with E-state index in [1.807, 2.05) is 12.1 Å². The van der Waals surface area contributed by atoms with Crippen molar-refractivity contribution in [1.82, 2.24) is 10.4 Å². The molecular formula is C21H23N3O. The maximum absolute atomic E-state index is 10.5. The summed E-state index contributed by atoms with van der Waals surface area (Å²) in [6.45, 7) is 0. The van der Waals surface area contributed by atoms with Gasteiger partial charge in [0.25, 0.3) is 0 Å². The van der Waals surface area contributed by atoms with E-state index in [1.54, 1.807) is 6.21 Å². The number of pyridine rings is 1. The lowest BCUT2D eigenvalue weighted by Crippen LogP contribution is -2.49. The zero-order chi connectivity index (χ0) is 16.9. The molecule has 6 rings (SSSR count). The molecule has 1 aromatic heterocycles. The van der Waals surface area contributed by atoms with Crippen molar-refractivity contribution in [1.29, 1.82) is 0 Å². The zero-order valence-electron chi connectivity index (χ0n) is 14.3. The molecule has 4 bridgehead atoms. The van der Waals surface area contributed by atoms with Gasteiger partial charge in [-0.25, -0.2) is 5.43 Å². The van der Waals surface area contributed by atoms with E-state index in [4.69, 9.17) is 4.98 Å². The van der Waals surface area contributed by atoms with Crippen LogP contribution in [0, 0.1) is 17.8 Å². The van der Waals surface area contributed by atoms with E-state index in [2.05, 4.69) is 28.7 Å². The quantitative estimate of drug-likeness (QED) is 0.526. The molecule has 1 N–H and O–H groups in total. The van der Waals surface area contributed by atoms with E-state index in [1.165, 1.54) is 44.2 Å².